The van der Waals surface area contributed by atoms with Gasteiger partial charge in [-0.25, -0.2) is 0 Å². The van der Waals surface area contributed by atoms with Gasteiger partial charge in [0.25, 0.3) is 11.8 Å². The van der Waals surface area contributed by atoms with Gasteiger partial charge in [-0.2, -0.15) is 0 Å². The predicted molar refractivity (Wildman–Crippen MR) is 128 cm³/mol. The van der Waals surface area contributed by atoms with Gasteiger partial charge in [0.1, 0.15) is 0 Å². The Balaban J connectivity index is 1.32. The molecule has 2 aromatic carbocycles. The lowest BCUT2D eigenvalue weighted by Gasteiger charge is -2.34. The van der Waals surface area contributed by atoms with Gasteiger partial charge in [0.2, 0.25) is 0 Å². The minimum absolute atomic E-state index is 0.0646. The molecule has 0 N–H and O–H groups in total. The first-order chi connectivity index (χ1) is 16.1. The van der Waals surface area contributed by atoms with Gasteiger partial charge in [-0.05, 0) is 61.6 Å². The number of fused-ring (bicyclic) bond motifs is 1. The highest BCUT2D eigenvalue weighted by Crippen LogP contribution is 2.31. The molecule has 0 bridgehead atoms. The number of aromatic nitrogens is 1. The summed E-state index contributed by atoms with van der Waals surface area (Å²) in [4.78, 5) is 35.1. The second-order valence-corrected chi connectivity index (χ2v) is 9.06. The van der Waals surface area contributed by atoms with Crippen molar-refractivity contribution in [2.75, 3.05) is 19.6 Å². The fourth-order valence-corrected chi connectivity index (χ4v) is 5.03. The lowest BCUT2D eigenvalue weighted by Crippen LogP contribution is -2.39. The molecular formula is C28H29N3O2. The number of benzene rings is 2. The van der Waals surface area contributed by atoms with E-state index in [0.717, 1.165) is 42.8 Å². The number of rotatable bonds is 3. The van der Waals surface area contributed by atoms with E-state index in [4.69, 9.17) is 4.98 Å². The highest BCUT2D eigenvalue weighted by atomic mass is 16.2. The van der Waals surface area contributed by atoms with Crippen LogP contribution in [0.4, 0.5) is 0 Å². The van der Waals surface area contributed by atoms with Crippen LogP contribution in [0.5, 0.6) is 0 Å². The SMILES string of the molecule is Cc1ccc(C(=O)N2CCc3ccccc3C2)c(C2CCN(C(=O)c3ccccc3)CC2)n1. The van der Waals surface area contributed by atoms with Crippen LogP contribution in [-0.4, -0.2) is 46.2 Å². The lowest BCUT2D eigenvalue weighted by atomic mass is 9.89. The molecule has 3 heterocycles. The minimum atomic E-state index is 0.0646. The van der Waals surface area contributed by atoms with Crippen LogP contribution >= 0.6 is 0 Å². The van der Waals surface area contributed by atoms with E-state index in [9.17, 15) is 9.59 Å². The molecule has 33 heavy (non-hydrogen) atoms. The molecule has 0 aliphatic carbocycles. The van der Waals surface area contributed by atoms with E-state index in [2.05, 4.69) is 18.2 Å². The molecule has 1 fully saturated rings. The number of likely N-dealkylation sites (tertiary alicyclic amines) is 1. The van der Waals surface area contributed by atoms with Crippen LogP contribution in [0.2, 0.25) is 0 Å². The van der Waals surface area contributed by atoms with Crippen molar-refractivity contribution >= 4 is 11.8 Å². The van der Waals surface area contributed by atoms with E-state index in [1.165, 1.54) is 11.1 Å². The van der Waals surface area contributed by atoms with E-state index in [-0.39, 0.29) is 17.7 Å². The lowest BCUT2D eigenvalue weighted by molar-refractivity contribution is 0.0699. The van der Waals surface area contributed by atoms with Crippen molar-refractivity contribution in [1.29, 1.82) is 0 Å². The minimum Gasteiger partial charge on any atom is -0.339 e. The standard InChI is InChI=1S/C28H29N3O2/c1-20-11-12-25(28(33)31-18-13-21-7-5-6-10-24(21)19-31)26(29-20)22-14-16-30(17-15-22)27(32)23-8-3-2-4-9-23/h2-12,22H,13-19H2,1H3. The maximum Gasteiger partial charge on any atom is 0.256 e. The molecule has 5 nitrogen and oxygen atoms in total. The monoisotopic (exact) mass is 439 g/mol. The molecule has 1 aromatic heterocycles. The summed E-state index contributed by atoms with van der Waals surface area (Å²) in [7, 11) is 0. The zero-order valence-electron chi connectivity index (χ0n) is 19.0. The maximum absolute atomic E-state index is 13.6. The molecule has 3 aromatic rings. The highest BCUT2D eigenvalue weighted by Gasteiger charge is 2.30. The molecule has 0 radical (unpaired) electrons. The number of pyridine rings is 1. The van der Waals surface area contributed by atoms with Gasteiger partial charge in [-0.1, -0.05) is 42.5 Å². The topological polar surface area (TPSA) is 53.5 Å². The summed E-state index contributed by atoms with van der Waals surface area (Å²) in [6.45, 7) is 4.71. The molecule has 2 aliphatic rings. The number of aryl methyl sites for hydroxylation is 1. The van der Waals surface area contributed by atoms with Crippen molar-refractivity contribution in [1.82, 2.24) is 14.8 Å². The quantitative estimate of drug-likeness (QED) is 0.599. The third-order valence-electron chi connectivity index (χ3n) is 6.90. The Bertz CT molecular complexity index is 1170. The van der Waals surface area contributed by atoms with Gasteiger partial charge >= 0.3 is 0 Å². The zero-order chi connectivity index (χ0) is 22.8. The normalized spacial score (nSPS) is 16.4. The van der Waals surface area contributed by atoms with Gasteiger partial charge in [-0.3, -0.25) is 14.6 Å². The van der Waals surface area contributed by atoms with Crippen LogP contribution in [0.25, 0.3) is 0 Å². The fourth-order valence-electron chi connectivity index (χ4n) is 5.03. The van der Waals surface area contributed by atoms with Crippen LogP contribution in [0.3, 0.4) is 0 Å². The number of amides is 2. The van der Waals surface area contributed by atoms with E-state index >= 15 is 0 Å². The molecule has 5 heteroatoms. The smallest absolute Gasteiger partial charge is 0.256 e. The Hall–Kier alpha value is -3.47. The first-order valence-corrected chi connectivity index (χ1v) is 11.8. The van der Waals surface area contributed by atoms with E-state index in [1.807, 2.05) is 65.3 Å². The third-order valence-corrected chi connectivity index (χ3v) is 6.90. The van der Waals surface area contributed by atoms with Crippen molar-refractivity contribution in [2.45, 2.75) is 38.6 Å². The number of hydrogen-bond donors (Lipinski definition) is 0. The second-order valence-electron chi connectivity index (χ2n) is 9.06. The summed E-state index contributed by atoms with van der Waals surface area (Å²) in [6.07, 6.45) is 2.52. The molecule has 5 rings (SSSR count). The van der Waals surface area contributed by atoms with Crippen LogP contribution in [0.1, 0.15) is 62.0 Å². The van der Waals surface area contributed by atoms with Crippen molar-refractivity contribution < 1.29 is 9.59 Å². The van der Waals surface area contributed by atoms with Crippen LogP contribution < -0.4 is 0 Å². The van der Waals surface area contributed by atoms with Crippen LogP contribution in [0, 0.1) is 6.92 Å². The Kier molecular flexibility index (Phi) is 5.95. The molecule has 168 valence electrons. The molecule has 2 aliphatic heterocycles. The van der Waals surface area contributed by atoms with Gasteiger partial charge in [0.05, 0.1) is 11.3 Å². The van der Waals surface area contributed by atoms with Gasteiger partial charge < -0.3 is 9.80 Å². The summed E-state index contributed by atoms with van der Waals surface area (Å²) in [5.41, 5.74) is 5.82. The summed E-state index contributed by atoms with van der Waals surface area (Å²) in [5.74, 6) is 0.324. The van der Waals surface area contributed by atoms with Gasteiger partial charge in [-0.15, -0.1) is 0 Å². The van der Waals surface area contributed by atoms with E-state index in [1.54, 1.807) is 0 Å². The number of carbonyl (C=O) groups excluding carboxylic acids is 2. The summed E-state index contributed by atoms with van der Waals surface area (Å²) in [6, 6.07) is 21.7. The first kappa shape index (κ1) is 21.4. The van der Waals surface area contributed by atoms with Gasteiger partial charge in [0, 0.05) is 43.4 Å². The van der Waals surface area contributed by atoms with Crippen LogP contribution in [0.15, 0.2) is 66.7 Å². The summed E-state index contributed by atoms with van der Waals surface area (Å²) >= 11 is 0. The predicted octanol–water partition coefficient (Wildman–Crippen LogP) is 4.61. The number of nitrogens with zero attached hydrogens (tertiary/aromatic N) is 3. The molecule has 0 atom stereocenters. The summed E-state index contributed by atoms with van der Waals surface area (Å²) < 4.78 is 0. The largest absolute Gasteiger partial charge is 0.339 e. The van der Waals surface area contributed by atoms with Gasteiger partial charge in [0.15, 0.2) is 0 Å². The van der Waals surface area contributed by atoms with E-state index in [0.29, 0.717) is 25.2 Å². The molecule has 1 saturated heterocycles. The molecule has 0 saturated carbocycles. The number of hydrogen-bond acceptors (Lipinski definition) is 3. The highest BCUT2D eigenvalue weighted by molar-refractivity contribution is 5.96. The van der Waals surface area contributed by atoms with Crippen molar-refractivity contribution in [2.24, 2.45) is 0 Å². The average Bonchev–Trinajstić information content (AvgIpc) is 2.88. The Morgan fingerprint density at radius 1 is 0.788 bits per heavy atom. The van der Waals surface area contributed by atoms with Crippen LogP contribution in [-0.2, 0) is 13.0 Å². The third kappa shape index (κ3) is 4.40. The first-order valence-electron chi connectivity index (χ1n) is 11.8. The summed E-state index contributed by atoms with van der Waals surface area (Å²) in [5, 5.41) is 0. The fraction of sp³-hybridized carbons (Fsp3) is 0.321. The molecular weight excluding hydrogens is 410 g/mol. The second kappa shape index (κ2) is 9.18. The number of carbonyl (C=O) groups is 2. The Morgan fingerprint density at radius 3 is 2.24 bits per heavy atom. The molecule has 2 amide bonds. The maximum atomic E-state index is 13.6. The van der Waals surface area contributed by atoms with Crippen molar-refractivity contribution in [3.8, 4) is 0 Å². The number of piperidine rings is 1. The zero-order valence-corrected chi connectivity index (χ0v) is 19.0. The van der Waals surface area contributed by atoms with E-state index < -0.39 is 0 Å². The molecule has 0 unspecified atom stereocenters. The Morgan fingerprint density at radius 2 is 1.48 bits per heavy atom. The van der Waals surface area contributed by atoms with Crippen molar-refractivity contribution in [3.63, 3.8) is 0 Å². The average molecular weight is 440 g/mol. The molecule has 0 spiro atoms. The van der Waals surface area contributed by atoms with Crippen molar-refractivity contribution in [3.05, 3.63) is 100 Å². The Labute approximate surface area is 195 Å².